The number of halogens is 1. The van der Waals surface area contributed by atoms with Crippen LogP contribution in [0.15, 0.2) is 48.5 Å². The zero-order valence-electron chi connectivity index (χ0n) is 17.6. The molecular weight excluding hydrogens is 353 g/mol. The molecule has 5 heteroatoms. The van der Waals surface area contributed by atoms with Crippen molar-refractivity contribution in [1.29, 1.82) is 0 Å². The zero-order valence-corrected chi connectivity index (χ0v) is 17.6. The molecule has 2 aromatic carbocycles. The Bertz CT molecular complexity index is 759. The normalized spacial score (nSPS) is 12.6. The van der Waals surface area contributed by atoms with Gasteiger partial charge in [-0.15, -0.1) is 0 Å². The van der Waals surface area contributed by atoms with Crippen LogP contribution in [-0.4, -0.2) is 48.9 Å². The minimum absolute atomic E-state index is 0.0944. The van der Waals surface area contributed by atoms with E-state index in [1.807, 2.05) is 49.3 Å². The molecule has 1 atom stereocenters. The second kappa shape index (κ2) is 10.3. The van der Waals surface area contributed by atoms with Crippen molar-refractivity contribution in [3.8, 4) is 0 Å². The molecule has 0 aliphatic heterocycles. The maximum Gasteiger partial charge on any atom is 0.251 e. The molecule has 0 saturated carbocycles. The smallest absolute Gasteiger partial charge is 0.251 e. The number of rotatable bonds is 9. The lowest BCUT2D eigenvalue weighted by Gasteiger charge is -2.25. The van der Waals surface area contributed by atoms with Crippen LogP contribution in [0.5, 0.6) is 0 Å². The van der Waals surface area contributed by atoms with E-state index < -0.39 is 0 Å². The van der Waals surface area contributed by atoms with Crippen LogP contribution in [0.4, 0.5) is 4.39 Å². The number of nitrogens with zero attached hydrogens (tertiary/aromatic N) is 2. The van der Waals surface area contributed by atoms with E-state index in [9.17, 15) is 9.18 Å². The quantitative estimate of drug-likeness (QED) is 0.706. The summed E-state index contributed by atoms with van der Waals surface area (Å²) < 4.78 is 13.5. The first-order valence-corrected chi connectivity index (χ1v) is 9.84. The van der Waals surface area contributed by atoms with Gasteiger partial charge < -0.3 is 10.2 Å². The number of hydrogen-bond donors (Lipinski definition) is 1. The largest absolute Gasteiger partial charge is 0.350 e. The first-order valence-electron chi connectivity index (χ1n) is 9.84. The molecule has 2 aromatic rings. The predicted molar refractivity (Wildman–Crippen MR) is 113 cm³/mol. The molecule has 0 aliphatic carbocycles. The minimum Gasteiger partial charge on any atom is -0.350 e. The number of nitrogens with one attached hydrogen (secondary N) is 1. The summed E-state index contributed by atoms with van der Waals surface area (Å²) in [6.07, 6.45) is 0. The van der Waals surface area contributed by atoms with E-state index in [1.54, 1.807) is 6.07 Å². The standard InChI is InChI=1S/C23H32FN3O/c1-6-27(17(2)3)16-18-10-12-19(13-11-18)23(28)25-15-22(26(4)5)20-8-7-9-21(24)14-20/h7-14,17,22H,6,15-16H2,1-5H3,(H,25,28). The van der Waals surface area contributed by atoms with Crippen molar-refractivity contribution in [1.82, 2.24) is 15.1 Å². The van der Waals surface area contributed by atoms with E-state index in [4.69, 9.17) is 0 Å². The molecule has 0 saturated heterocycles. The van der Waals surface area contributed by atoms with Crippen LogP contribution >= 0.6 is 0 Å². The van der Waals surface area contributed by atoms with E-state index in [1.165, 1.54) is 17.7 Å². The lowest BCUT2D eigenvalue weighted by Crippen LogP contribution is -2.34. The van der Waals surface area contributed by atoms with Crippen LogP contribution in [0.25, 0.3) is 0 Å². The number of hydrogen-bond acceptors (Lipinski definition) is 3. The molecule has 0 aromatic heterocycles. The Hall–Kier alpha value is -2.24. The van der Waals surface area contributed by atoms with Crippen molar-refractivity contribution in [2.24, 2.45) is 0 Å². The highest BCUT2D eigenvalue weighted by molar-refractivity contribution is 5.94. The molecule has 0 bridgehead atoms. The molecular formula is C23H32FN3O. The van der Waals surface area contributed by atoms with Gasteiger partial charge in [0.1, 0.15) is 5.82 Å². The van der Waals surface area contributed by atoms with Gasteiger partial charge in [-0.1, -0.05) is 31.2 Å². The Balaban J connectivity index is 2.00. The van der Waals surface area contributed by atoms with Crippen LogP contribution in [-0.2, 0) is 6.54 Å². The molecule has 0 radical (unpaired) electrons. The van der Waals surface area contributed by atoms with Gasteiger partial charge in [-0.05, 0) is 69.9 Å². The minimum atomic E-state index is -0.270. The fourth-order valence-corrected chi connectivity index (χ4v) is 3.26. The van der Waals surface area contributed by atoms with Gasteiger partial charge in [-0.3, -0.25) is 9.69 Å². The van der Waals surface area contributed by atoms with Crippen LogP contribution in [0.2, 0.25) is 0 Å². The number of benzene rings is 2. The third kappa shape index (κ3) is 6.14. The van der Waals surface area contributed by atoms with Crippen molar-refractivity contribution in [2.45, 2.75) is 39.4 Å². The maximum absolute atomic E-state index is 13.5. The first kappa shape index (κ1) is 22.1. The number of carbonyl (C=O) groups is 1. The van der Waals surface area contributed by atoms with Gasteiger partial charge in [0, 0.05) is 24.7 Å². The van der Waals surface area contributed by atoms with Crippen molar-refractivity contribution in [3.63, 3.8) is 0 Å². The second-order valence-corrected chi connectivity index (χ2v) is 7.60. The van der Waals surface area contributed by atoms with Crippen LogP contribution in [0, 0.1) is 5.82 Å². The third-order valence-corrected chi connectivity index (χ3v) is 5.05. The van der Waals surface area contributed by atoms with Crippen LogP contribution < -0.4 is 5.32 Å². The molecule has 28 heavy (non-hydrogen) atoms. The zero-order chi connectivity index (χ0) is 20.7. The molecule has 1 N–H and O–H groups in total. The lowest BCUT2D eigenvalue weighted by molar-refractivity contribution is 0.0942. The summed E-state index contributed by atoms with van der Waals surface area (Å²) in [5.74, 6) is -0.389. The molecule has 0 fully saturated rings. The van der Waals surface area contributed by atoms with E-state index >= 15 is 0 Å². The molecule has 152 valence electrons. The Labute approximate surface area is 168 Å². The van der Waals surface area contributed by atoms with E-state index in [0.717, 1.165) is 18.7 Å². The van der Waals surface area contributed by atoms with Gasteiger partial charge in [0.25, 0.3) is 5.91 Å². The molecule has 0 heterocycles. The van der Waals surface area contributed by atoms with Crippen molar-refractivity contribution in [2.75, 3.05) is 27.2 Å². The Morgan fingerprint density at radius 2 is 1.79 bits per heavy atom. The van der Waals surface area contributed by atoms with Crippen molar-refractivity contribution >= 4 is 5.91 Å². The van der Waals surface area contributed by atoms with Crippen molar-refractivity contribution < 1.29 is 9.18 Å². The third-order valence-electron chi connectivity index (χ3n) is 5.05. The molecule has 1 unspecified atom stereocenters. The number of amides is 1. The van der Waals surface area contributed by atoms with Gasteiger partial charge in [0.2, 0.25) is 0 Å². The monoisotopic (exact) mass is 385 g/mol. The summed E-state index contributed by atoms with van der Waals surface area (Å²) in [6.45, 7) is 8.80. The molecule has 4 nitrogen and oxygen atoms in total. The van der Waals surface area contributed by atoms with E-state index in [2.05, 4.69) is 31.0 Å². The summed E-state index contributed by atoms with van der Waals surface area (Å²) in [5, 5.41) is 2.97. The summed E-state index contributed by atoms with van der Waals surface area (Å²) in [5.41, 5.74) is 2.67. The summed E-state index contributed by atoms with van der Waals surface area (Å²) in [4.78, 5) is 16.9. The van der Waals surface area contributed by atoms with Gasteiger partial charge in [0.15, 0.2) is 0 Å². The average molecular weight is 386 g/mol. The van der Waals surface area contributed by atoms with E-state index in [-0.39, 0.29) is 17.8 Å². The molecule has 0 aliphatic rings. The van der Waals surface area contributed by atoms with E-state index in [0.29, 0.717) is 18.2 Å². The average Bonchev–Trinajstić information content (AvgIpc) is 2.66. The number of likely N-dealkylation sites (N-methyl/N-ethyl adjacent to an activating group) is 1. The predicted octanol–water partition coefficient (Wildman–Crippen LogP) is 4.09. The lowest BCUT2D eigenvalue weighted by atomic mass is 10.1. The van der Waals surface area contributed by atoms with Gasteiger partial charge >= 0.3 is 0 Å². The van der Waals surface area contributed by atoms with Crippen LogP contribution in [0.3, 0.4) is 0 Å². The molecule has 1 amide bonds. The van der Waals surface area contributed by atoms with Gasteiger partial charge in [0.05, 0.1) is 6.04 Å². The fourth-order valence-electron chi connectivity index (χ4n) is 3.26. The first-order chi connectivity index (χ1) is 13.3. The van der Waals surface area contributed by atoms with Gasteiger partial charge in [-0.2, -0.15) is 0 Å². The Kier molecular flexibility index (Phi) is 8.15. The highest BCUT2D eigenvalue weighted by Gasteiger charge is 2.16. The second-order valence-electron chi connectivity index (χ2n) is 7.60. The summed E-state index contributed by atoms with van der Waals surface area (Å²) in [6, 6.07) is 14.7. The molecule has 2 rings (SSSR count). The number of carbonyl (C=O) groups excluding carboxylic acids is 1. The highest BCUT2D eigenvalue weighted by Crippen LogP contribution is 2.18. The molecule has 0 spiro atoms. The maximum atomic E-state index is 13.5. The van der Waals surface area contributed by atoms with Crippen LogP contribution in [0.1, 0.15) is 48.3 Å². The summed E-state index contributed by atoms with van der Waals surface area (Å²) in [7, 11) is 3.84. The highest BCUT2D eigenvalue weighted by atomic mass is 19.1. The van der Waals surface area contributed by atoms with Gasteiger partial charge in [-0.25, -0.2) is 4.39 Å². The Morgan fingerprint density at radius 3 is 2.32 bits per heavy atom. The van der Waals surface area contributed by atoms with Crippen molar-refractivity contribution in [3.05, 3.63) is 71.0 Å². The summed E-state index contributed by atoms with van der Waals surface area (Å²) >= 11 is 0. The fraction of sp³-hybridized carbons (Fsp3) is 0.435. The Morgan fingerprint density at radius 1 is 1.11 bits per heavy atom. The topological polar surface area (TPSA) is 35.6 Å². The SMILES string of the molecule is CCN(Cc1ccc(C(=O)NCC(c2cccc(F)c2)N(C)C)cc1)C(C)C.